The van der Waals surface area contributed by atoms with Crippen LogP contribution in [0.4, 0.5) is 0 Å². The summed E-state index contributed by atoms with van der Waals surface area (Å²) >= 11 is 0. The van der Waals surface area contributed by atoms with Crippen molar-refractivity contribution in [3.8, 4) is 11.3 Å². The highest BCUT2D eigenvalue weighted by Gasteiger charge is 2.06. The third-order valence-electron chi connectivity index (χ3n) is 3.91. The van der Waals surface area contributed by atoms with Crippen LogP contribution < -0.4 is 0 Å². The molecule has 22 heavy (non-hydrogen) atoms. The van der Waals surface area contributed by atoms with Crippen molar-refractivity contribution in [2.45, 2.75) is 6.54 Å². The van der Waals surface area contributed by atoms with E-state index in [1.54, 1.807) is 0 Å². The van der Waals surface area contributed by atoms with Crippen LogP contribution in [-0.2, 0) is 6.54 Å². The summed E-state index contributed by atoms with van der Waals surface area (Å²) < 4.78 is 2.20. The number of fused-ring (bicyclic) bond motifs is 1. The maximum Gasteiger partial charge on any atom is 0.0795 e. The van der Waals surface area contributed by atoms with E-state index < -0.39 is 0 Å². The average molecular weight is 284 g/mol. The fraction of sp³-hybridized carbons (Fsp3) is 0.0500. The Hall–Kier alpha value is -2.87. The van der Waals surface area contributed by atoms with Gasteiger partial charge in [-0.3, -0.25) is 4.98 Å². The van der Waals surface area contributed by atoms with Gasteiger partial charge >= 0.3 is 0 Å². The molecular weight excluding hydrogens is 268 g/mol. The molecule has 0 aliphatic heterocycles. The minimum atomic E-state index is 0.881. The molecule has 106 valence electrons. The lowest BCUT2D eigenvalue weighted by molar-refractivity contribution is 0.807. The van der Waals surface area contributed by atoms with Crippen LogP contribution in [0, 0.1) is 0 Å². The second kappa shape index (κ2) is 5.49. The predicted octanol–water partition coefficient (Wildman–Crippen LogP) is 4.75. The topological polar surface area (TPSA) is 17.8 Å². The van der Waals surface area contributed by atoms with E-state index >= 15 is 0 Å². The number of benzene rings is 2. The lowest BCUT2D eigenvalue weighted by Crippen LogP contribution is -1.95. The molecule has 0 bridgehead atoms. The lowest BCUT2D eigenvalue weighted by atomic mass is 10.1. The molecule has 0 unspecified atom stereocenters. The van der Waals surface area contributed by atoms with Crippen molar-refractivity contribution in [2.24, 2.45) is 0 Å². The molecule has 0 amide bonds. The largest absolute Gasteiger partial charge is 0.349 e. The van der Waals surface area contributed by atoms with Gasteiger partial charge in [0.1, 0.15) is 0 Å². The monoisotopic (exact) mass is 284 g/mol. The summed E-state index contributed by atoms with van der Waals surface area (Å²) in [6.45, 7) is 0.881. The van der Waals surface area contributed by atoms with Gasteiger partial charge in [0.05, 0.1) is 5.69 Å². The third kappa shape index (κ3) is 2.40. The van der Waals surface area contributed by atoms with E-state index in [-0.39, 0.29) is 0 Å². The van der Waals surface area contributed by atoms with Crippen LogP contribution in [-0.4, -0.2) is 9.55 Å². The quantitative estimate of drug-likeness (QED) is 0.531. The van der Waals surface area contributed by atoms with E-state index in [0.29, 0.717) is 0 Å². The molecule has 0 aliphatic rings. The first-order valence-electron chi connectivity index (χ1n) is 7.44. The van der Waals surface area contributed by atoms with Crippen molar-refractivity contribution in [1.82, 2.24) is 9.55 Å². The Morgan fingerprint density at radius 1 is 0.818 bits per heavy atom. The van der Waals surface area contributed by atoms with Crippen LogP contribution in [0.3, 0.4) is 0 Å². The maximum absolute atomic E-state index is 4.58. The smallest absolute Gasteiger partial charge is 0.0795 e. The molecule has 2 heterocycles. The van der Waals surface area contributed by atoms with E-state index in [0.717, 1.165) is 17.8 Å². The molecule has 2 aromatic carbocycles. The molecular formula is C20H16N2. The summed E-state index contributed by atoms with van der Waals surface area (Å²) in [6, 6.07) is 23.1. The van der Waals surface area contributed by atoms with Gasteiger partial charge in [-0.05, 0) is 23.1 Å². The number of nitrogens with zero attached hydrogens (tertiary/aromatic N) is 2. The van der Waals surface area contributed by atoms with Crippen molar-refractivity contribution >= 4 is 10.8 Å². The van der Waals surface area contributed by atoms with Crippen molar-refractivity contribution in [2.75, 3.05) is 0 Å². The van der Waals surface area contributed by atoms with Crippen molar-refractivity contribution in [3.63, 3.8) is 0 Å². The Morgan fingerprint density at radius 3 is 2.55 bits per heavy atom. The zero-order valence-corrected chi connectivity index (χ0v) is 12.2. The lowest BCUT2D eigenvalue weighted by Gasteiger charge is -2.04. The van der Waals surface area contributed by atoms with Crippen LogP contribution in [0.2, 0.25) is 0 Å². The van der Waals surface area contributed by atoms with E-state index in [4.69, 9.17) is 0 Å². The molecule has 0 spiro atoms. The molecule has 2 aromatic heterocycles. The molecule has 4 rings (SSSR count). The van der Waals surface area contributed by atoms with Gasteiger partial charge in [-0.2, -0.15) is 0 Å². The van der Waals surface area contributed by atoms with Crippen molar-refractivity contribution in [3.05, 3.63) is 90.9 Å². The second-order valence-corrected chi connectivity index (χ2v) is 5.44. The van der Waals surface area contributed by atoms with Crippen LogP contribution in [0.25, 0.3) is 22.0 Å². The zero-order chi connectivity index (χ0) is 14.8. The van der Waals surface area contributed by atoms with Gasteiger partial charge in [-0.1, -0.05) is 54.6 Å². The molecule has 0 aliphatic carbocycles. The van der Waals surface area contributed by atoms with Gasteiger partial charge in [0.15, 0.2) is 0 Å². The molecule has 4 aromatic rings. The highest BCUT2D eigenvalue weighted by Crippen LogP contribution is 2.26. The highest BCUT2D eigenvalue weighted by atomic mass is 14.9. The van der Waals surface area contributed by atoms with Crippen LogP contribution in [0.1, 0.15) is 5.56 Å². The summed E-state index contributed by atoms with van der Waals surface area (Å²) in [6.07, 6.45) is 6.17. The van der Waals surface area contributed by atoms with Gasteiger partial charge in [0.25, 0.3) is 0 Å². The van der Waals surface area contributed by atoms with Gasteiger partial charge in [0.2, 0.25) is 0 Å². The van der Waals surface area contributed by atoms with Gasteiger partial charge in [0, 0.05) is 36.1 Å². The summed E-state index contributed by atoms with van der Waals surface area (Å²) in [4.78, 5) is 4.58. The predicted molar refractivity (Wildman–Crippen MR) is 90.7 cm³/mol. The van der Waals surface area contributed by atoms with Crippen molar-refractivity contribution in [1.29, 1.82) is 0 Å². The number of hydrogen-bond donors (Lipinski definition) is 0. The average Bonchev–Trinajstić information content (AvgIpc) is 3.03. The SMILES string of the molecule is c1ccc(Cn2ccc(-c3nccc4ccccc34)c2)cc1. The first-order chi connectivity index (χ1) is 10.9. The number of pyridine rings is 1. The first kappa shape index (κ1) is 12.8. The fourth-order valence-corrected chi connectivity index (χ4v) is 2.82. The molecule has 0 N–H and O–H groups in total. The number of rotatable bonds is 3. The van der Waals surface area contributed by atoms with Crippen LogP contribution in [0.5, 0.6) is 0 Å². The minimum absolute atomic E-state index is 0.881. The molecule has 0 fully saturated rings. The Balaban J connectivity index is 1.71. The molecule has 0 radical (unpaired) electrons. The molecule has 2 heteroatoms. The van der Waals surface area contributed by atoms with E-state index in [9.17, 15) is 0 Å². The Labute approximate surface area is 129 Å². The molecule has 0 saturated heterocycles. The summed E-state index contributed by atoms with van der Waals surface area (Å²) in [5.41, 5.74) is 3.51. The fourth-order valence-electron chi connectivity index (χ4n) is 2.82. The van der Waals surface area contributed by atoms with Gasteiger partial charge in [-0.15, -0.1) is 0 Å². The van der Waals surface area contributed by atoms with Gasteiger partial charge in [-0.25, -0.2) is 0 Å². The van der Waals surface area contributed by atoms with Gasteiger partial charge < -0.3 is 4.57 Å². The van der Waals surface area contributed by atoms with Crippen LogP contribution in [0.15, 0.2) is 85.3 Å². The molecule has 0 atom stereocenters. The normalized spacial score (nSPS) is 10.9. The van der Waals surface area contributed by atoms with Crippen molar-refractivity contribution < 1.29 is 0 Å². The summed E-state index contributed by atoms with van der Waals surface area (Å²) in [5.74, 6) is 0. The molecule has 0 saturated carbocycles. The zero-order valence-electron chi connectivity index (χ0n) is 12.2. The third-order valence-corrected chi connectivity index (χ3v) is 3.91. The standard InChI is InChI=1S/C20H16N2/c1-2-6-16(7-3-1)14-22-13-11-18(15-22)20-19-9-5-4-8-17(19)10-12-21-20/h1-13,15H,14H2. The number of hydrogen-bond acceptors (Lipinski definition) is 1. The van der Waals surface area contributed by atoms with E-state index in [2.05, 4.69) is 82.6 Å². The Bertz CT molecular complexity index is 902. The summed E-state index contributed by atoms with van der Waals surface area (Å²) in [5, 5.41) is 2.42. The maximum atomic E-state index is 4.58. The van der Waals surface area contributed by atoms with Crippen LogP contribution >= 0.6 is 0 Å². The Morgan fingerprint density at radius 2 is 1.64 bits per heavy atom. The molecule has 2 nitrogen and oxygen atoms in total. The highest BCUT2D eigenvalue weighted by molar-refractivity contribution is 5.94. The van der Waals surface area contributed by atoms with E-state index in [1.807, 2.05) is 12.3 Å². The first-order valence-corrected chi connectivity index (χ1v) is 7.44. The Kier molecular flexibility index (Phi) is 3.20. The van der Waals surface area contributed by atoms with E-state index in [1.165, 1.54) is 16.3 Å². The number of aromatic nitrogens is 2. The second-order valence-electron chi connectivity index (χ2n) is 5.44. The minimum Gasteiger partial charge on any atom is -0.349 e. The summed E-state index contributed by atoms with van der Waals surface area (Å²) in [7, 11) is 0.